The maximum atomic E-state index is 13.6. The number of aryl methyl sites for hydroxylation is 1. The lowest BCUT2D eigenvalue weighted by Crippen LogP contribution is -2.13. The highest BCUT2D eigenvalue weighted by Crippen LogP contribution is 2.17. The molecular formula is C16H17FN2O2. The van der Waals surface area contributed by atoms with Crippen LogP contribution in [0, 0.1) is 5.82 Å². The average Bonchev–Trinajstić information content (AvgIpc) is 2.51. The third-order valence-electron chi connectivity index (χ3n) is 3.03. The Morgan fingerprint density at radius 2 is 2.14 bits per heavy atom. The predicted octanol–water partition coefficient (Wildman–Crippen LogP) is 3.43. The van der Waals surface area contributed by atoms with Crippen molar-refractivity contribution in [3.05, 3.63) is 53.6 Å². The minimum absolute atomic E-state index is 0.252. The molecule has 1 aromatic heterocycles. The maximum Gasteiger partial charge on any atom is 0.274 e. The van der Waals surface area contributed by atoms with Crippen molar-refractivity contribution < 1.29 is 13.9 Å². The molecule has 0 aliphatic heterocycles. The number of benzene rings is 1. The van der Waals surface area contributed by atoms with Gasteiger partial charge in [-0.05, 0) is 42.3 Å². The normalized spacial score (nSPS) is 10.2. The number of methoxy groups -OCH3 is 1. The van der Waals surface area contributed by atoms with Gasteiger partial charge in [0.1, 0.15) is 17.3 Å². The second-order valence-electron chi connectivity index (χ2n) is 4.59. The van der Waals surface area contributed by atoms with Crippen LogP contribution in [0.15, 0.2) is 36.5 Å². The molecule has 110 valence electrons. The van der Waals surface area contributed by atoms with Crippen molar-refractivity contribution in [3.8, 4) is 5.75 Å². The highest BCUT2D eigenvalue weighted by atomic mass is 19.1. The Kier molecular flexibility index (Phi) is 4.87. The van der Waals surface area contributed by atoms with E-state index in [1.807, 2.05) is 6.92 Å². The summed E-state index contributed by atoms with van der Waals surface area (Å²) < 4.78 is 18.5. The molecule has 0 saturated carbocycles. The van der Waals surface area contributed by atoms with Gasteiger partial charge in [0.25, 0.3) is 5.91 Å². The van der Waals surface area contributed by atoms with Gasteiger partial charge in [0.2, 0.25) is 0 Å². The van der Waals surface area contributed by atoms with Crippen LogP contribution in [-0.2, 0) is 6.42 Å². The summed E-state index contributed by atoms with van der Waals surface area (Å²) in [6.45, 7) is 1.98. The number of amides is 1. The Balaban J connectivity index is 2.13. The topological polar surface area (TPSA) is 51.2 Å². The molecule has 0 aliphatic carbocycles. The van der Waals surface area contributed by atoms with Gasteiger partial charge in [0.15, 0.2) is 0 Å². The Labute approximate surface area is 123 Å². The number of ether oxygens (including phenoxy) is 1. The monoisotopic (exact) mass is 288 g/mol. The van der Waals surface area contributed by atoms with Crippen molar-refractivity contribution in [3.63, 3.8) is 0 Å². The van der Waals surface area contributed by atoms with Gasteiger partial charge in [0, 0.05) is 5.69 Å². The molecule has 1 aromatic carbocycles. The van der Waals surface area contributed by atoms with Gasteiger partial charge >= 0.3 is 0 Å². The lowest BCUT2D eigenvalue weighted by Gasteiger charge is -2.08. The predicted molar refractivity (Wildman–Crippen MR) is 79.1 cm³/mol. The molecule has 0 fully saturated rings. The lowest BCUT2D eigenvalue weighted by molar-refractivity contribution is 0.102. The summed E-state index contributed by atoms with van der Waals surface area (Å²) in [5.74, 6) is -0.0114. The first kappa shape index (κ1) is 15.0. The highest BCUT2D eigenvalue weighted by Gasteiger charge is 2.09. The molecule has 0 bridgehead atoms. The van der Waals surface area contributed by atoms with E-state index >= 15 is 0 Å². The van der Waals surface area contributed by atoms with Gasteiger partial charge in [-0.2, -0.15) is 0 Å². The number of carbonyl (C=O) groups is 1. The van der Waals surface area contributed by atoms with Crippen LogP contribution in [-0.4, -0.2) is 18.0 Å². The number of carbonyl (C=O) groups excluding carboxylic acids is 1. The van der Waals surface area contributed by atoms with Crippen LogP contribution in [0.1, 0.15) is 29.4 Å². The molecule has 4 nitrogen and oxygen atoms in total. The Morgan fingerprint density at radius 3 is 2.76 bits per heavy atom. The first-order chi connectivity index (χ1) is 10.1. The first-order valence-corrected chi connectivity index (χ1v) is 6.74. The van der Waals surface area contributed by atoms with Gasteiger partial charge < -0.3 is 10.1 Å². The third-order valence-corrected chi connectivity index (χ3v) is 3.03. The summed E-state index contributed by atoms with van der Waals surface area (Å²) in [5.41, 5.74) is 1.43. The quantitative estimate of drug-likeness (QED) is 0.917. The Bertz CT molecular complexity index is 627. The zero-order chi connectivity index (χ0) is 15.2. The number of pyridine rings is 1. The SMILES string of the molecule is CCCc1cc(NC(=O)c2ccc(OC)cn2)ccc1F. The third kappa shape index (κ3) is 3.78. The number of anilines is 1. The molecule has 1 heterocycles. The van der Waals surface area contributed by atoms with E-state index in [2.05, 4.69) is 10.3 Å². The van der Waals surface area contributed by atoms with Gasteiger partial charge in [-0.1, -0.05) is 13.3 Å². The Hall–Kier alpha value is -2.43. The van der Waals surface area contributed by atoms with E-state index in [1.165, 1.54) is 25.4 Å². The number of nitrogens with zero attached hydrogens (tertiary/aromatic N) is 1. The molecule has 0 radical (unpaired) electrons. The van der Waals surface area contributed by atoms with Crippen LogP contribution in [0.4, 0.5) is 10.1 Å². The second-order valence-corrected chi connectivity index (χ2v) is 4.59. The molecular weight excluding hydrogens is 271 g/mol. The van der Waals surface area contributed by atoms with Crippen LogP contribution in [0.25, 0.3) is 0 Å². The Morgan fingerprint density at radius 1 is 1.33 bits per heavy atom. The molecule has 1 N–H and O–H groups in total. The van der Waals surface area contributed by atoms with E-state index in [1.54, 1.807) is 18.2 Å². The molecule has 0 saturated heterocycles. The van der Waals surface area contributed by atoms with E-state index in [-0.39, 0.29) is 17.4 Å². The molecule has 21 heavy (non-hydrogen) atoms. The zero-order valence-corrected chi connectivity index (χ0v) is 12.0. The minimum Gasteiger partial charge on any atom is -0.495 e. The fraction of sp³-hybridized carbons (Fsp3) is 0.250. The lowest BCUT2D eigenvalue weighted by atomic mass is 10.1. The first-order valence-electron chi connectivity index (χ1n) is 6.74. The number of halogens is 1. The van der Waals surface area contributed by atoms with Gasteiger partial charge in [-0.25, -0.2) is 9.37 Å². The summed E-state index contributed by atoms with van der Waals surface area (Å²) in [6.07, 6.45) is 2.95. The summed E-state index contributed by atoms with van der Waals surface area (Å²) in [4.78, 5) is 16.1. The van der Waals surface area contributed by atoms with E-state index in [9.17, 15) is 9.18 Å². The van der Waals surface area contributed by atoms with Crippen LogP contribution < -0.4 is 10.1 Å². The molecule has 5 heteroatoms. The standard InChI is InChI=1S/C16H17FN2O2/c1-3-4-11-9-12(5-7-14(11)17)19-16(20)15-8-6-13(21-2)10-18-15/h5-10H,3-4H2,1-2H3,(H,19,20). The number of rotatable bonds is 5. The van der Waals surface area contributed by atoms with Crippen molar-refractivity contribution in [2.45, 2.75) is 19.8 Å². The van der Waals surface area contributed by atoms with Gasteiger partial charge in [-0.15, -0.1) is 0 Å². The molecule has 0 unspecified atom stereocenters. The summed E-state index contributed by atoms with van der Waals surface area (Å²) in [6, 6.07) is 7.79. The minimum atomic E-state index is -0.341. The van der Waals surface area contributed by atoms with Crippen LogP contribution in [0.2, 0.25) is 0 Å². The van der Waals surface area contributed by atoms with E-state index in [0.717, 1.165) is 6.42 Å². The van der Waals surface area contributed by atoms with Crippen molar-refractivity contribution in [2.24, 2.45) is 0 Å². The van der Waals surface area contributed by atoms with E-state index in [4.69, 9.17) is 4.74 Å². The van der Waals surface area contributed by atoms with Crippen molar-refractivity contribution in [1.29, 1.82) is 0 Å². The number of hydrogen-bond donors (Lipinski definition) is 1. The van der Waals surface area contributed by atoms with Gasteiger partial charge in [-0.3, -0.25) is 4.79 Å². The summed E-state index contributed by atoms with van der Waals surface area (Å²) in [5, 5.41) is 2.71. The molecule has 0 spiro atoms. The van der Waals surface area contributed by atoms with Crippen molar-refractivity contribution >= 4 is 11.6 Å². The number of hydrogen-bond acceptors (Lipinski definition) is 3. The molecule has 2 rings (SSSR count). The summed E-state index contributed by atoms with van der Waals surface area (Å²) in [7, 11) is 1.53. The van der Waals surface area contributed by atoms with Crippen LogP contribution in [0.5, 0.6) is 5.75 Å². The van der Waals surface area contributed by atoms with Crippen molar-refractivity contribution in [1.82, 2.24) is 4.98 Å². The zero-order valence-electron chi connectivity index (χ0n) is 12.0. The van der Waals surface area contributed by atoms with Crippen LogP contribution >= 0.6 is 0 Å². The fourth-order valence-corrected chi connectivity index (χ4v) is 1.94. The smallest absolute Gasteiger partial charge is 0.274 e. The molecule has 0 aliphatic rings. The van der Waals surface area contributed by atoms with Crippen molar-refractivity contribution in [2.75, 3.05) is 12.4 Å². The molecule has 1 amide bonds. The van der Waals surface area contributed by atoms with Crippen LogP contribution in [0.3, 0.4) is 0 Å². The van der Waals surface area contributed by atoms with E-state index < -0.39 is 0 Å². The maximum absolute atomic E-state index is 13.6. The number of nitrogens with one attached hydrogen (secondary N) is 1. The largest absolute Gasteiger partial charge is 0.495 e. The average molecular weight is 288 g/mol. The second kappa shape index (κ2) is 6.83. The van der Waals surface area contributed by atoms with Gasteiger partial charge in [0.05, 0.1) is 13.3 Å². The molecule has 2 aromatic rings. The highest BCUT2D eigenvalue weighted by molar-refractivity contribution is 6.02. The number of aromatic nitrogens is 1. The fourth-order valence-electron chi connectivity index (χ4n) is 1.94. The molecule has 0 atom stereocenters. The van der Waals surface area contributed by atoms with E-state index in [0.29, 0.717) is 23.4 Å². The summed E-state index contributed by atoms with van der Waals surface area (Å²) >= 11 is 0.